The van der Waals surface area contributed by atoms with Gasteiger partial charge in [0.2, 0.25) is 5.95 Å². The minimum absolute atomic E-state index is 0.0827. The Balaban J connectivity index is 1.53. The zero-order chi connectivity index (χ0) is 17.3. The number of aromatic nitrogens is 1. The van der Waals surface area contributed by atoms with Crippen molar-refractivity contribution in [2.45, 2.75) is 18.4 Å². The Hall–Kier alpha value is -2.73. The summed E-state index contributed by atoms with van der Waals surface area (Å²) in [5.41, 5.74) is 1.16. The van der Waals surface area contributed by atoms with Gasteiger partial charge in [0.25, 0.3) is 5.91 Å². The molecule has 1 saturated heterocycles. The van der Waals surface area contributed by atoms with Crippen LogP contribution in [0.2, 0.25) is 0 Å². The third-order valence-corrected chi connectivity index (χ3v) is 4.60. The molecule has 1 spiro atoms. The number of carbonyl (C=O) groups excluding carboxylic acids is 1. The quantitative estimate of drug-likeness (QED) is 0.826. The lowest BCUT2D eigenvalue weighted by Crippen LogP contribution is -2.45. The molecule has 1 aromatic carbocycles. The second-order valence-electron chi connectivity index (χ2n) is 6.30. The molecule has 1 amide bonds. The lowest BCUT2D eigenvalue weighted by molar-refractivity contribution is 0.0823. The van der Waals surface area contributed by atoms with Crippen molar-refractivity contribution in [3.63, 3.8) is 0 Å². The lowest BCUT2D eigenvalue weighted by Gasteiger charge is -2.38. The fraction of sp³-hybridized carbons (Fsp3) is 0.263. The number of amides is 1. The molecule has 2 aliphatic heterocycles. The summed E-state index contributed by atoms with van der Waals surface area (Å²) in [4.78, 5) is 15.7. The van der Waals surface area contributed by atoms with Crippen LogP contribution in [0.1, 0.15) is 28.8 Å². The number of nitrogens with one attached hydrogen (secondary N) is 2. The van der Waals surface area contributed by atoms with Gasteiger partial charge in [0, 0.05) is 30.3 Å². The zero-order valence-electron chi connectivity index (χ0n) is 13.6. The van der Waals surface area contributed by atoms with Crippen molar-refractivity contribution in [1.82, 2.24) is 10.3 Å². The minimum Gasteiger partial charge on any atom is -0.482 e. The van der Waals surface area contributed by atoms with E-state index in [4.69, 9.17) is 4.74 Å². The summed E-state index contributed by atoms with van der Waals surface area (Å²) >= 11 is 0. The molecule has 0 unspecified atom stereocenters. The average Bonchev–Trinajstić information content (AvgIpc) is 2.63. The van der Waals surface area contributed by atoms with Crippen LogP contribution in [0.3, 0.4) is 0 Å². The maximum Gasteiger partial charge on any atom is 0.260 e. The predicted octanol–water partition coefficient (Wildman–Crippen LogP) is 3.00. The van der Waals surface area contributed by atoms with Gasteiger partial charge in [-0.05, 0) is 49.5 Å². The van der Waals surface area contributed by atoms with Crippen molar-refractivity contribution in [3.05, 3.63) is 59.7 Å². The molecule has 0 atom stereocenters. The molecular weight excluding hydrogens is 321 g/mol. The monoisotopic (exact) mass is 339 g/mol. The number of fused-ring (bicyclic) bond motifs is 1. The van der Waals surface area contributed by atoms with E-state index in [0.717, 1.165) is 37.2 Å². The topological polar surface area (TPSA) is 63.2 Å². The summed E-state index contributed by atoms with van der Waals surface area (Å²) < 4.78 is 19.8. The van der Waals surface area contributed by atoms with E-state index in [1.54, 1.807) is 6.07 Å². The maximum absolute atomic E-state index is 13.6. The first-order chi connectivity index (χ1) is 12.2. The number of piperidine rings is 1. The Morgan fingerprint density at radius 1 is 1.28 bits per heavy atom. The number of rotatable bonds is 2. The molecule has 1 fully saturated rings. The normalized spacial score (nSPS) is 17.6. The Bertz CT molecular complexity index is 844. The van der Waals surface area contributed by atoms with Gasteiger partial charge in [-0.2, -0.15) is 4.39 Å². The van der Waals surface area contributed by atoms with E-state index >= 15 is 0 Å². The minimum atomic E-state index is -0.783. The summed E-state index contributed by atoms with van der Waals surface area (Å²) in [6, 6.07) is 8.36. The number of hydrogen-bond donors (Lipinski definition) is 2. The Kier molecular flexibility index (Phi) is 3.97. The number of halogens is 1. The molecule has 128 valence electrons. The highest BCUT2D eigenvalue weighted by molar-refractivity contribution is 6.04. The highest BCUT2D eigenvalue weighted by Crippen LogP contribution is 2.37. The SMILES string of the molecule is O=C(Nc1ccc2c(c1)C=CC1(CCNCC1)O2)c1cccnc1F. The molecule has 5 nitrogen and oxygen atoms in total. The molecule has 0 aliphatic carbocycles. The van der Waals surface area contributed by atoms with Gasteiger partial charge in [0.15, 0.2) is 0 Å². The van der Waals surface area contributed by atoms with Gasteiger partial charge in [0.1, 0.15) is 11.4 Å². The van der Waals surface area contributed by atoms with Crippen LogP contribution in [-0.2, 0) is 0 Å². The van der Waals surface area contributed by atoms with Crippen molar-refractivity contribution in [1.29, 1.82) is 0 Å². The van der Waals surface area contributed by atoms with E-state index in [2.05, 4.69) is 21.7 Å². The van der Waals surface area contributed by atoms with E-state index in [0.29, 0.717) is 5.69 Å². The molecule has 25 heavy (non-hydrogen) atoms. The average molecular weight is 339 g/mol. The molecule has 1 aromatic heterocycles. The fourth-order valence-corrected chi connectivity index (χ4v) is 3.22. The summed E-state index contributed by atoms with van der Waals surface area (Å²) in [5.74, 6) is -0.509. The third kappa shape index (κ3) is 3.13. The third-order valence-electron chi connectivity index (χ3n) is 4.60. The van der Waals surface area contributed by atoms with E-state index in [1.165, 1.54) is 18.3 Å². The highest BCUT2D eigenvalue weighted by atomic mass is 19.1. The molecule has 0 saturated carbocycles. The first-order valence-electron chi connectivity index (χ1n) is 8.30. The van der Waals surface area contributed by atoms with Gasteiger partial charge in [-0.1, -0.05) is 6.08 Å². The summed E-state index contributed by atoms with van der Waals surface area (Å²) in [6.07, 6.45) is 7.31. The standard InChI is InChI=1S/C19H18FN3O2/c20-17-15(2-1-9-22-17)18(24)23-14-3-4-16-13(12-14)5-6-19(25-16)7-10-21-11-8-19/h1-6,9,12,21H,7-8,10-11H2,(H,23,24). The first kappa shape index (κ1) is 15.8. The molecule has 2 N–H and O–H groups in total. The number of ether oxygens (including phenoxy) is 1. The van der Waals surface area contributed by atoms with Gasteiger partial charge in [-0.25, -0.2) is 4.98 Å². The second kappa shape index (κ2) is 6.29. The molecule has 4 rings (SSSR count). The largest absolute Gasteiger partial charge is 0.482 e. The zero-order valence-corrected chi connectivity index (χ0v) is 13.6. The number of nitrogens with zero attached hydrogens (tertiary/aromatic N) is 1. The van der Waals surface area contributed by atoms with E-state index in [9.17, 15) is 9.18 Å². The van der Waals surface area contributed by atoms with Crippen LogP contribution in [0.5, 0.6) is 5.75 Å². The van der Waals surface area contributed by atoms with Crippen LogP contribution in [0.15, 0.2) is 42.6 Å². The summed E-state index contributed by atoms with van der Waals surface area (Å²) in [6.45, 7) is 1.87. The highest BCUT2D eigenvalue weighted by Gasteiger charge is 2.34. The van der Waals surface area contributed by atoms with Crippen molar-refractivity contribution in [2.24, 2.45) is 0 Å². The second-order valence-corrected chi connectivity index (χ2v) is 6.30. The van der Waals surface area contributed by atoms with Gasteiger partial charge in [-0.3, -0.25) is 4.79 Å². The fourth-order valence-electron chi connectivity index (χ4n) is 3.22. The van der Waals surface area contributed by atoms with Crippen LogP contribution in [0.25, 0.3) is 6.08 Å². The summed E-state index contributed by atoms with van der Waals surface area (Å²) in [7, 11) is 0. The Labute approximate surface area is 144 Å². The number of benzene rings is 1. The van der Waals surface area contributed by atoms with Gasteiger partial charge < -0.3 is 15.4 Å². The lowest BCUT2D eigenvalue weighted by atomic mass is 9.89. The van der Waals surface area contributed by atoms with Gasteiger partial charge >= 0.3 is 0 Å². The molecule has 2 aliphatic rings. The predicted molar refractivity (Wildman–Crippen MR) is 93.1 cm³/mol. The maximum atomic E-state index is 13.6. The van der Waals surface area contributed by atoms with Crippen LogP contribution < -0.4 is 15.4 Å². The Morgan fingerprint density at radius 3 is 2.92 bits per heavy atom. The Morgan fingerprint density at radius 2 is 2.12 bits per heavy atom. The van der Waals surface area contributed by atoms with Crippen molar-refractivity contribution < 1.29 is 13.9 Å². The molecule has 0 radical (unpaired) electrons. The summed E-state index contributed by atoms with van der Waals surface area (Å²) in [5, 5.41) is 6.04. The molecule has 3 heterocycles. The van der Waals surface area contributed by atoms with E-state index in [1.807, 2.05) is 18.2 Å². The molecule has 6 heteroatoms. The molecule has 2 aromatic rings. The van der Waals surface area contributed by atoms with Crippen molar-refractivity contribution >= 4 is 17.7 Å². The van der Waals surface area contributed by atoms with Crippen LogP contribution in [0, 0.1) is 5.95 Å². The van der Waals surface area contributed by atoms with Crippen LogP contribution >= 0.6 is 0 Å². The van der Waals surface area contributed by atoms with Crippen LogP contribution in [0.4, 0.5) is 10.1 Å². The van der Waals surface area contributed by atoms with E-state index < -0.39 is 11.9 Å². The van der Waals surface area contributed by atoms with Gasteiger partial charge in [-0.15, -0.1) is 0 Å². The van der Waals surface area contributed by atoms with E-state index in [-0.39, 0.29) is 11.2 Å². The van der Waals surface area contributed by atoms with Gasteiger partial charge in [0.05, 0.1) is 5.56 Å². The van der Waals surface area contributed by atoms with Crippen molar-refractivity contribution in [3.8, 4) is 5.75 Å². The van der Waals surface area contributed by atoms with Crippen molar-refractivity contribution in [2.75, 3.05) is 18.4 Å². The number of anilines is 1. The van der Waals surface area contributed by atoms with Crippen LogP contribution in [-0.4, -0.2) is 29.6 Å². The number of hydrogen-bond acceptors (Lipinski definition) is 4. The smallest absolute Gasteiger partial charge is 0.260 e. The molecule has 0 bridgehead atoms. The molecular formula is C19H18FN3O2. The number of pyridine rings is 1. The number of carbonyl (C=O) groups is 1. The first-order valence-corrected chi connectivity index (χ1v) is 8.30.